The SMILES string of the molecule is CCOc1c(C(C)=O)nc(N(C)Cc2ccc(Cl)c(Cl)c2)n(C)c1=O. The van der Waals surface area contributed by atoms with Gasteiger partial charge in [-0.15, -0.1) is 0 Å². The summed E-state index contributed by atoms with van der Waals surface area (Å²) >= 11 is 12.0. The maximum Gasteiger partial charge on any atom is 0.297 e. The lowest BCUT2D eigenvalue weighted by atomic mass is 10.2. The number of anilines is 1. The standard InChI is InChI=1S/C17H19Cl2N3O3/c1-5-25-15-14(10(2)23)20-17(22(4)16(15)24)21(3)9-11-6-7-12(18)13(19)8-11/h6-8H,5,9H2,1-4H3. The van der Waals surface area contributed by atoms with E-state index in [4.69, 9.17) is 27.9 Å². The maximum atomic E-state index is 12.5. The van der Waals surface area contributed by atoms with Gasteiger partial charge in [-0.05, 0) is 24.6 Å². The lowest BCUT2D eigenvalue weighted by molar-refractivity contribution is 0.100. The zero-order valence-corrected chi connectivity index (χ0v) is 16.0. The highest BCUT2D eigenvalue weighted by molar-refractivity contribution is 6.42. The van der Waals surface area contributed by atoms with E-state index in [0.717, 1.165) is 5.56 Å². The summed E-state index contributed by atoms with van der Waals surface area (Å²) in [5, 5.41) is 0.920. The second-order valence-corrected chi connectivity index (χ2v) is 6.36. The number of ether oxygens (including phenoxy) is 1. The first kappa shape index (κ1) is 19.3. The minimum atomic E-state index is -0.405. The molecule has 0 aliphatic carbocycles. The number of halogens is 2. The van der Waals surface area contributed by atoms with Crippen LogP contribution in [0, 0.1) is 0 Å². The van der Waals surface area contributed by atoms with Crippen LogP contribution in [0.1, 0.15) is 29.9 Å². The highest BCUT2D eigenvalue weighted by atomic mass is 35.5. The summed E-state index contributed by atoms with van der Waals surface area (Å²) in [6.07, 6.45) is 0. The van der Waals surface area contributed by atoms with Crippen LogP contribution in [0.2, 0.25) is 10.0 Å². The molecule has 0 amide bonds. The molecule has 0 saturated heterocycles. The first-order chi connectivity index (χ1) is 11.8. The molecule has 25 heavy (non-hydrogen) atoms. The van der Waals surface area contributed by atoms with Gasteiger partial charge in [0.1, 0.15) is 0 Å². The van der Waals surface area contributed by atoms with E-state index >= 15 is 0 Å². The van der Waals surface area contributed by atoms with E-state index in [-0.39, 0.29) is 23.8 Å². The van der Waals surface area contributed by atoms with Crippen LogP contribution in [0.15, 0.2) is 23.0 Å². The molecule has 0 fully saturated rings. The number of Topliss-reactive ketones (excluding diaryl/α,β-unsaturated/α-hetero) is 1. The summed E-state index contributed by atoms with van der Waals surface area (Å²) in [7, 11) is 3.36. The average Bonchev–Trinajstić information content (AvgIpc) is 2.55. The lowest BCUT2D eigenvalue weighted by Crippen LogP contribution is -2.31. The number of aromatic nitrogens is 2. The third-order valence-electron chi connectivity index (χ3n) is 3.59. The number of ketones is 1. The van der Waals surface area contributed by atoms with Gasteiger partial charge in [-0.1, -0.05) is 29.3 Å². The van der Waals surface area contributed by atoms with Crippen molar-refractivity contribution in [2.75, 3.05) is 18.6 Å². The molecule has 0 unspecified atom stereocenters. The van der Waals surface area contributed by atoms with Crippen LogP contribution >= 0.6 is 23.2 Å². The van der Waals surface area contributed by atoms with Crippen LogP contribution in [-0.2, 0) is 13.6 Å². The van der Waals surface area contributed by atoms with Crippen LogP contribution in [0.4, 0.5) is 5.95 Å². The molecule has 134 valence electrons. The normalized spacial score (nSPS) is 10.6. The van der Waals surface area contributed by atoms with E-state index in [1.807, 2.05) is 6.07 Å². The Morgan fingerprint density at radius 3 is 2.56 bits per heavy atom. The van der Waals surface area contributed by atoms with Crippen molar-refractivity contribution < 1.29 is 9.53 Å². The molecule has 1 aromatic carbocycles. The molecule has 2 aromatic rings. The summed E-state index contributed by atoms with van der Waals surface area (Å²) in [5.74, 6) is -0.000694. The van der Waals surface area contributed by atoms with E-state index in [9.17, 15) is 9.59 Å². The number of benzene rings is 1. The fraction of sp³-hybridized carbons (Fsp3) is 0.353. The second kappa shape index (κ2) is 7.89. The molecular weight excluding hydrogens is 365 g/mol. The van der Waals surface area contributed by atoms with Crippen molar-refractivity contribution in [3.8, 4) is 5.75 Å². The lowest BCUT2D eigenvalue weighted by Gasteiger charge is -2.22. The molecule has 8 heteroatoms. The van der Waals surface area contributed by atoms with Crippen LogP contribution in [-0.4, -0.2) is 29.0 Å². The zero-order chi connectivity index (χ0) is 18.7. The molecule has 0 radical (unpaired) electrons. The fourth-order valence-corrected chi connectivity index (χ4v) is 2.73. The quantitative estimate of drug-likeness (QED) is 0.715. The Labute approximate surface area is 155 Å². The second-order valence-electron chi connectivity index (χ2n) is 5.55. The minimum absolute atomic E-state index is 0.0239. The molecule has 0 N–H and O–H groups in total. The Bertz CT molecular complexity index is 865. The molecular formula is C17H19Cl2N3O3. The van der Waals surface area contributed by atoms with Crippen LogP contribution in [0.3, 0.4) is 0 Å². The Kier molecular flexibility index (Phi) is 6.08. The number of carbonyl (C=O) groups is 1. The summed E-state index contributed by atoms with van der Waals surface area (Å²) in [5.41, 5.74) is 0.517. The van der Waals surface area contributed by atoms with Crippen molar-refractivity contribution in [1.29, 1.82) is 0 Å². The molecule has 0 saturated carbocycles. The van der Waals surface area contributed by atoms with Crippen molar-refractivity contribution in [3.63, 3.8) is 0 Å². The van der Waals surface area contributed by atoms with Gasteiger partial charge in [0.25, 0.3) is 5.56 Å². The van der Waals surface area contributed by atoms with Crippen molar-refractivity contribution in [2.24, 2.45) is 7.05 Å². The number of carbonyl (C=O) groups excluding carboxylic acids is 1. The summed E-state index contributed by atoms with van der Waals surface area (Å²) < 4.78 is 6.68. The monoisotopic (exact) mass is 383 g/mol. The molecule has 0 atom stereocenters. The summed E-state index contributed by atoms with van der Waals surface area (Å²) in [4.78, 5) is 30.5. The van der Waals surface area contributed by atoms with Crippen LogP contribution in [0.25, 0.3) is 0 Å². The number of nitrogens with zero attached hydrogens (tertiary/aromatic N) is 3. The number of hydrogen-bond donors (Lipinski definition) is 0. The van der Waals surface area contributed by atoms with Gasteiger partial charge in [0.2, 0.25) is 11.7 Å². The first-order valence-electron chi connectivity index (χ1n) is 7.66. The number of hydrogen-bond acceptors (Lipinski definition) is 5. The van der Waals surface area contributed by atoms with Crippen molar-refractivity contribution >= 4 is 34.9 Å². The van der Waals surface area contributed by atoms with Crippen molar-refractivity contribution in [1.82, 2.24) is 9.55 Å². The molecule has 0 bridgehead atoms. The molecule has 2 rings (SSSR count). The van der Waals surface area contributed by atoms with Crippen molar-refractivity contribution in [2.45, 2.75) is 20.4 Å². The predicted octanol–water partition coefficient (Wildman–Crippen LogP) is 3.32. The zero-order valence-electron chi connectivity index (χ0n) is 14.5. The third kappa shape index (κ3) is 4.14. The van der Waals surface area contributed by atoms with E-state index < -0.39 is 5.56 Å². The predicted molar refractivity (Wildman–Crippen MR) is 99.2 cm³/mol. The molecule has 0 aliphatic rings. The smallest absolute Gasteiger partial charge is 0.297 e. The molecule has 6 nitrogen and oxygen atoms in total. The van der Waals surface area contributed by atoms with E-state index in [0.29, 0.717) is 22.5 Å². The van der Waals surface area contributed by atoms with Gasteiger partial charge >= 0.3 is 0 Å². The highest BCUT2D eigenvalue weighted by Gasteiger charge is 2.21. The van der Waals surface area contributed by atoms with Gasteiger partial charge in [0.05, 0.1) is 16.7 Å². The molecule has 1 heterocycles. The Morgan fingerprint density at radius 1 is 1.32 bits per heavy atom. The summed E-state index contributed by atoms with van der Waals surface area (Å²) in [6.45, 7) is 3.80. The van der Waals surface area contributed by atoms with Gasteiger partial charge in [-0.3, -0.25) is 14.2 Å². The largest absolute Gasteiger partial charge is 0.486 e. The van der Waals surface area contributed by atoms with Gasteiger partial charge in [0.15, 0.2) is 11.5 Å². The van der Waals surface area contributed by atoms with Crippen LogP contribution < -0.4 is 15.2 Å². The van der Waals surface area contributed by atoms with Gasteiger partial charge in [0, 0.05) is 27.6 Å². The van der Waals surface area contributed by atoms with Crippen LogP contribution in [0.5, 0.6) is 5.75 Å². The fourth-order valence-electron chi connectivity index (χ4n) is 2.41. The Morgan fingerprint density at radius 2 is 2.00 bits per heavy atom. The van der Waals surface area contributed by atoms with Gasteiger partial charge in [-0.25, -0.2) is 4.98 Å². The van der Waals surface area contributed by atoms with E-state index in [2.05, 4.69) is 4.98 Å². The maximum absolute atomic E-state index is 12.5. The molecule has 0 aliphatic heterocycles. The molecule has 0 spiro atoms. The summed E-state index contributed by atoms with van der Waals surface area (Å²) in [6, 6.07) is 5.29. The van der Waals surface area contributed by atoms with E-state index in [1.165, 1.54) is 11.5 Å². The van der Waals surface area contributed by atoms with Gasteiger partial charge in [-0.2, -0.15) is 0 Å². The topological polar surface area (TPSA) is 64.4 Å². The van der Waals surface area contributed by atoms with Gasteiger partial charge < -0.3 is 9.64 Å². The Hall–Kier alpha value is -2.05. The highest BCUT2D eigenvalue weighted by Crippen LogP contribution is 2.24. The minimum Gasteiger partial charge on any atom is -0.486 e. The Balaban J connectivity index is 2.45. The molecule has 1 aromatic heterocycles. The number of rotatable bonds is 6. The average molecular weight is 384 g/mol. The third-order valence-corrected chi connectivity index (χ3v) is 4.33. The van der Waals surface area contributed by atoms with Crippen molar-refractivity contribution in [3.05, 3.63) is 49.9 Å². The van der Waals surface area contributed by atoms with E-state index in [1.54, 1.807) is 38.1 Å². The first-order valence-corrected chi connectivity index (χ1v) is 8.41.